The predicted molar refractivity (Wildman–Crippen MR) is 135 cm³/mol. The average Bonchev–Trinajstić information content (AvgIpc) is 3.20. The quantitative estimate of drug-likeness (QED) is 0.175. The van der Waals surface area contributed by atoms with Gasteiger partial charge in [-0.05, 0) is 6.42 Å². The minimum atomic E-state index is -0.834. The van der Waals surface area contributed by atoms with E-state index in [1.807, 2.05) is 41.8 Å². The zero-order chi connectivity index (χ0) is 26.3. The minimum absolute atomic E-state index is 0.0136. The van der Waals surface area contributed by atoms with Gasteiger partial charge in [0.2, 0.25) is 6.33 Å². The summed E-state index contributed by atoms with van der Waals surface area (Å²) in [6.45, 7) is 11.2. The van der Waals surface area contributed by atoms with Gasteiger partial charge in [0.15, 0.2) is 12.6 Å². The Kier molecular flexibility index (Phi) is 10.3. The number of carboxylic acids is 1. The van der Waals surface area contributed by atoms with Crippen LogP contribution in [0.4, 0.5) is 0 Å². The van der Waals surface area contributed by atoms with Crippen LogP contribution in [0.5, 0.6) is 0 Å². The summed E-state index contributed by atoms with van der Waals surface area (Å²) in [6, 6.07) is 0. The number of carboxylic acid groups (broad SMARTS) is 1. The number of nitrogens with zero attached hydrogens (tertiary/aromatic N) is 6. The normalized spacial score (nSPS) is 23.3. The Balaban J connectivity index is 1.49. The van der Waals surface area contributed by atoms with Crippen molar-refractivity contribution in [3.8, 4) is 0 Å². The van der Waals surface area contributed by atoms with Gasteiger partial charge in [-0.15, -0.1) is 0 Å². The van der Waals surface area contributed by atoms with Crippen molar-refractivity contribution in [1.82, 2.24) is 14.4 Å². The van der Waals surface area contributed by atoms with Gasteiger partial charge in [-0.1, -0.05) is 6.92 Å². The van der Waals surface area contributed by atoms with E-state index >= 15 is 0 Å². The maximum atomic E-state index is 11.7. The molecule has 2 saturated heterocycles. The molecule has 0 amide bonds. The second-order valence-electron chi connectivity index (χ2n) is 11.5. The van der Waals surface area contributed by atoms with Crippen molar-refractivity contribution < 1.29 is 38.8 Å². The number of aliphatic hydroxyl groups is 3. The number of imidazole rings is 1. The highest BCUT2D eigenvalue weighted by atomic mass is 16.4. The fraction of sp³-hybridized carbons (Fsp3) is 0.840. The number of aryl methyl sites for hydroxylation is 1. The Bertz CT molecular complexity index is 820. The largest absolute Gasteiger partial charge is 0.477 e. The Labute approximate surface area is 215 Å². The van der Waals surface area contributed by atoms with E-state index in [1.165, 1.54) is 0 Å². The summed E-state index contributed by atoms with van der Waals surface area (Å²) in [6.07, 6.45) is 5.21. The molecule has 0 aliphatic carbocycles. The number of quaternary nitrogens is 2. The molecule has 2 aliphatic rings. The fourth-order valence-corrected chi connectivity index (χ4v) is 5.81. The smallest absolute Gasteiger partial charge is 0.359 e. The fourth-order valence-electron chi connectivity index (χ4n) is 5.81. The first kappa shape index (κ1) is 29.0. The van der Waals surface area contributed by atoms with E-state index in [0.29, 0.717) is 63.4 Å². The second-order valence-corrected chi connectivity index (χ2v) is 11.5. The summed E-state index contributed by atoms with van der Waals surface area (Å²) in [7, 11) is 4.12. The highest BCUT2D eigenvalue weighted by Gasteiger charge is 2.40. The minimum Gasteiger partial charge on any atom is -0.477 e. The third-order valence-electron chi connectivity index (χ3n) is 8.07. The first-order valence-corrected chi connectivity index (χ1v) is 13.4. The molecule has 1 aromatic heterocycles. The Hall–Kier alpha value is -1.60. The average molecular weight is 514 g/mol. The van der Waals surface area contributed by atoms with Crippen molar-refractivity contribution in [2.45, 2.75) is 38.2 Å². The standard InChI is InChI=1S/C25H48N6O5/c1-4-22(32)15-27-7-11-30(3,12-8-27)18-24(34)19-31(20-25(35)36)13-9-28(10-14-31)16-23(33)17-29-6-5-26(2)21-29/h5-6,21-24,32-34H,4,7-20H2,1-3H3/q+2/p+1. The molecule has 0 spiro atoms. The van der Waals surface area contributed by atoms with Gasteiger partial charge in [-0.3, -0.25) is 9.80 Å². The van der Waals surface area contributed by atoms with Crippen LogP contribution in [0.25, 0.3) is 0 Å². The number of aliphatic hydroxyl groups excluding tert-OH is 3. The lowest BCUT2D eigenvalue weighted by molar-refractivity contribution is -0.943. The first-order valence-electron chi connectivity index (χ1n) is 13.4. The Morgan fingerprint density at radius 3 is 2.03 bits per heavy atom. The monoisotopic (exact) mass is 513 g/mol. The summed E-state index contributed by atoms with van der Waals surface area (Å²) >= 11 is 0. The number of hydrogen-bond donors (Lipinski definition) is 4. The van der Waals surface area contributed by atoms with Crippen LogP contribution in [0.1, 0.15) is 13.3 Å². The number of aromatic nitrogens is 2. The van der Waals surface area contributed by atoms with Crippen molar-refractivity contribution in [2.24, 2.45) is 7.05 Å². The van der Waals surface area contributed by atoms with Crippen LogP contribution in [0.15, 0.2) is 18.7 Å². The lowest BCUT2D eigenvalue weighted by Crippen LogP contribution is -2.66. The van der Waals surface area contributed by atoms with E-state index in [9.17, 15) is 25.2 Å². The molecular weight excluding hydrogens is 464 g/mol. The van der Waals surface area contributed by atoms with E-state index in [-0.39, 0.29) is 12.6 Å². The molecule has 3 rings (SSSR count). The number of rotatable bonds is 13. The van der Waals surface area contributed by atoms with Crippen LogP contribution in [0, 0.1) is 0 Å². The maximum absolute atomic E-state index is 11.7. The van der Waals surface area contributed by atoms with Gasteiger partial charge >= 0.3 is 5.97 Å². The molecule has 0 radical (unpaired) electrons. The predicted octanol–water partition coefficient (Wildman–Crippen LogP) is -2.22. The highest BCUT2D eigenvalue weighted by Crippen LogP contribution is 2.18. The molecule has 4 N–H and O–H groups in total. The summed E-state index contributed by atoms with van der Waals surface area (Å²) in [5.41, 5.74) is 0. The topological polar surface area (TPSA) is 113 Å². The highest BCUT2D eigenvalue weighted by molar-refractivity contribution is 5.68. The third-order valence-corrected chi connectivity index (χ3v) is 8.07. The van der Waals surface area contributed by atoms with Crippen LogP contribution in [-0.2, 0) is 18.4 Å². The molecule has 0 aromatic carbocycles. The summed E-state index contributed by atoms with van der Waals surface area (Å²) in [5.74, 6) is -0.834. The molecule has 0 bridgehead atoms. The summed E-state index contributed by atoms with van der Waals surface area (Å²) < 4.78 is 5.05. The lowest BCUT2D eigenvalue weighted by atomic mass is 10.1. The number of aliphatic carboxylic acids is 1. The van der Waals surface area contributed by atoms with Gasteiger partial charge < -0.3 is 29.4 Å². The van der Waals surface area contributed by atoms with Gasteiger partial charge in [0.25, 0.3) is 0 Å². The van der Waals surface area contributed by atoms with Gasteiger partial charge in [0.1, 0.15) is 38.1 Å². The van der Waals surface area contributed by atoms with Gasteiger partial charge in [-0.25, -0.2) is 13.9 Å². The lowest BCUT2D eigenvalue weighted by Gasteiger charge is -2.47. The Morgan fingerprint density at radius 2 is 1.50 bits per heavy atom. The van der Waals surface area contributed by atoms with E-state index in [2.05, 4.69) is 16.8 Å². The van der Waals surface area contributed by atoms with Crippen molar-refractivity contribution in [3.63, 3.8) is 0 Å². The third kappa shape index (κ3) is 8.76. The molecule has 11 heteroatoms. The molecule has 206 valence electrons. The SMILES string of the molecule is CCC(O)CN1CC[N+](C)(CC(O)C[N+]2(CC(=O)O)CCN(CC(O)Cn3cc[n+](C)c3)CC2)CC1. The first-order chi connectivity index (χ1) is 17.0. The van der Waals surface area contributed by atoms with Crippen LogP contribution in [0.2, 0.25) is 0 Å². The van der Waals surface area contributed by atoms with Crippen molar-refractivity contribution in [3.05, 3.63) is 18.7 Å². The van der Waals surface area contributed by atoms with Crippen LogP contribution in [0.3, 0.4) is 0 Å². The number of likely N-dealkylation sites (N-methyl/N-ethyl adjacent to an activating group) is 1. The molecule has 3 unspecified atom stereocenters. The summed E-state index contributed by atoms with van der Waals surface area (Å²) in [5, 5.41) is 41.2. The zero-order valence-corrected chi connectivity index (χ0v) is 22.5. The van der Waals surface area contributed by atoms with Crippen LogP contribution < -0.4 is 4.57 Å². The molecule has 2 aliphatic heterocycles. The van der Waals surface area contributed by atoms with Gasteiger partial charge in [-0.2, -0.15) is 0 Å². The number of carbonyl (C=O) groups is 1. The van der Waals surface area contributed by atoms with Crippen LogP contribution in [-0.4, -0.2) is 160 Å². The molecule has 3 atom stereocenters. The van der Waals surface area contributed by atoms with Crippen molar-refractivity contribution in [2.75, 3.05) is 92.1 Å². The molecular formula is C25H49N6O5+3. The number of piperazine rings is 2. The molecule has 0 saturated carbocycles. The van der Waals surface area contributed by atoms with Crippen molar-refractivity contribution >= 4 is 5.97 Å². The van der Waals surface area contributed by atoms with E-state index in [4.69, 9.17) is 0 Å². The van der Waals surface area contributed by atoms with Crippen molar-refractivity contribution in [1.29, 1.82) is 0 Å². The molecule has 2 fully saturated rings. The van der Waals surface area contributed by atoms with E-state index in [1.54, 1.807) is 0 Å². The molecule has 3 heterocycles. The second kappa shape index (κ2) is 12.8. The van der Waals surface area contributed by atoms with Gasteiger partial charge in [0.05, 0.1) is 46.4 Å². The van der Waals surface area contributed by atoms with E-state index < -0.39 is 18.2 Å². The number of β-amino-alcohol motifs (C(OH)–C–C–N with tert-alkyl or cyclic N) is 2. The van der Waals surface area contributed by atoms with E-state index in [0.717, 1.165) is 37.1 Å². The zero-order valence-electron chi connectivity index (χ0n) is 22.5. The van der Waals surface area contributed by atoms with Gasteiger partial charge in [0, 0.05) is 39.3 Å². The summed E-state index contributed by atoms with van der Waals surface area (Å²) in [4.78, 5) is 16.2. The van der Waals surface area contributed by atoms with Crippen LogP contribution >= 0.6 is 0 Å². The maximum Gasteiger partial charge on any atom is 0.359 e. The Morgan fingerprint density at radius 1 is 0.917 bits per heavy atom. The molecule has 1 aromatic rings. The molecule has 36 heavy (non-hydrogen) atoms. The number of hydrogen-bond acceptors (Lipinski definition) is 6. The molecule has 11 nitrogen and oxygen atoms in total.